The van der Waals surface area contributed by atoms with Crippen molar-refractivity contribution in [2.75, 3.05) is 12.4 Å². The predicted molar refractivity (Wildman–Crippen MR) is 115 cm³/mol. The molecule has 0 bridgehead atoms. The average molecular weight is 415 g/mol. The standard InChI is InChI=1S/C23H30N2O3S/c26-21-11-10-18(22(27)24-21)5-2-1-3-14-29-25-23(12-13-23)19-6-4-7-20(15-19)28-16-17-8-9-17/h1,3-4,6-7,15,17-18,25H,2,5,8-14,16H2,(H,24,26,27)/b3-1+. The van der Waals surface area contributed by atoms with Gasteiger partial charge in [-0.2, -0.15) is 0 Å². The number of nitrogens with one attached hydrogen (secondary N) is 2. The first-order chi connectivity index (χ1) is 14.1. The number of hydrogen-bond donors (Lipinski definition) is 2. The van der Waals surface area contributed by atoms with Gasteiger partial charge in [0.1, 0.15) is 5.75 Å². The van der Waals surface area contributed by atoms with Crippen molar-refractivity contribution in [1.29, 1.82) is 0 Å². The second-order valence-corrected chi connectivity index (χ2v) is 9.30. The van der Waals surface area contributed by atoms with E-state index < -0.39 is 0 Å². The van der Waals surface area contributed by atoms with E-state index in [-0.39, 0.29) is 23.3 Å². The topological polar surface area (TPSA) is 67.4 Å². The summed E-state index contributed by atoms with van der Waals surface area (Å²) in [5.74, 6) is 2.38. The Labute approximate surface area is 177 Å². The van der Waals surface area contributed by atoms with Gasteiger partial charge in [0.2, 0.25) is 11.8 Å². The van der Waals surface area contributed by atoms with Crippen LogP contribution in [-0.4, -0.2) is 24.2 Å². The van der Waals surface area contributed by atoms with Gasteiger partial charge in [0, 0.05) is 18.1 Å². The molecule has 1 unspecified atom stereocenters. The second-order valence-electron chi connectivity index (χ2n) is 8.47. The third kappa shape index (κ3) is 5.86. The number of piperidine rings is 1. The van der Waals surface area contributed by atoms with E-state index in [1.165, 1.54) is 18.4 Å². The molecule has 0 spiro atoms. The summed E-state index contributed by atoms with van der Waals surface area (Å²) >= 11 is 1.74. The summed E-state index contributed by atoms with van der Waals surface area (Å²) in [6.45, 7) is 0.849. The van der Waals surface area contributed by atoms with Crippen LogP contribution in [0.25, 0.3) is 0 Å². The van der Waals surface area contributed by atoms with Crippen LogP contribution in [0.4, 0.5) is 0 Å². The third-order valence-electron chi connectivity index (χ3n) is 5.97. The Morgan fingerprint density at radius 3 is 2.83 bits per heavy atom. The van der Waals surface area contributed by atoms with Crippen molar-refractivity contribution < 1.29 is 14.3 Å². The Hall–Kier alpha value is -1.79. The number of imide groups is 1. The lowest BCUT2D eigenvalue weighted by Gasteiger charge is -2.19. The molecule has 156 valence electrons. The van der Waals surface area contributed by atoms with E-state index in [1.807, 2.05) is 0 Å². The fourth-order valence-electron chi connectivity index (χ4n) is 3.68. The van der Waals surface area contributed by atoms with Crippen LogP contribution >= 0.6 is 11.9 Å². The van der Waals surface area contributed by atoms with E-state index in [0.717, 1.165) is 49.7 Å². The maximum atomic E-state index is 11.7. The lowest BCUT2D eigenvalue weighted by Crippen LogP contribution is -2.40. The van der Waals surface area contributed by atoms with E-state index in [1.54, 1.807) is 11.9 Å². The van der Waals surface area contributed by atoms with Crippen LogP contribution in [0.1, 0.15) is 56.9 Å². The summed E-state index contributed by atoms with van der Waals surface area (Å²) in [6.07, 6.45) is 12.1. The molecule has 1 aliphatic heterocycles. The third-order valence-corrected chi connectivity index (χ3v) is 6.86. The van der Waals surface area contributed by atoms with Crippen LogP contribution in [0.3, 0.4) is 0 Å². The maximum Gasteiger partial charge on any atom is 0.229 e. The summed E-state index contributed by atoms with van der Waals surface area (Å²) in [6, 6.07) is 8.54. The van der Waals surface area contributed by atoms with Gasteiger partial charge in [-0.05, 0) is 68.6 Å². The maximum absolute atomic E-state index is 11.7. The molecule has 1 saturated heterocycles. The summed E-state index contributed by atoms with van der Waals surface area (Å²) in [4.78, 5) is 22.9. The smallest absolute Gasteiger partial charge is 0.229 e. The van der Waals surface area contributed by atoms with Crippen molar-refractivity contribution in [2.24, 2.45) is 11.8 Å². The van der Waals surface area contributed by atoms with Crippen molar-refractivity contribution in [3.05, 3.63) is 42.0 Å². The van der Waals surface area contributed by atoms with E-state index in [0.29, 0.717) is 12.8 Å². The lowest BCUT2D eigenvalue weighted by atomic mass is 9.93. The Kier molecular flexibility index (Phi) is 6.60. The van der Waals surface area contributed by atoms with Crippen LogP contribution in [0, 0.1) is 11.8 Å². The Morgan fingerprint density at radius 1 is 1.21 bits per heavy atom. The molecule has 2 amide bonds. The highest BCUT2D eigenvalue weighted by atomic mass is 32.2. The first-order valence-corrected chi connectivity index (χ1v) is 11.7. The van der Waals surface area contributed by atoms with Gasteiger partial charge in [-0.25, -0.2) is 0 Å². The van der Waals surface area contributed by atoms with Crippen LogP contribution in [0.2, 0.25) is 0 Å². The van der Waals surface area contributed by atoms with Gasteiger partial charge in [-0.15, -0.1) is 0 Å². The number of carbonyl (C=O) groups excluding carboxylic acids is 2. The van der Waals surface area contributed by atoms with Gasteiger partial charge in [-0.1, -0.05) is 36.2 Å². The SMILES string of the molecule is O=C1CCC(CC/C=C/CSNC2(c3cccc(OCC4CC4)c3)CC2)C(=O)N1. The molecule has 5 nitrogen and oxygen atoms in total. The molecular weight excluding hydrogens is 384 g/mol. The van der Waals surface area contributed by atoms with Crippen molar-refractivity contribution in [1.82, 2.24) is 10.0 Å². The number of hydrogen-bond acceptors (Lipinski definition) is 5. The van der Waals surface area contributed by atoms with Gasteiger partial charge in [0.25, 0.3) is 0 Å². The quantitative estimate of drug-likeness (QED) is 0.247. The average Bonchev–Trinajstić information content (AvgIpc) is 3.63. The molecule has 2 saturated carbocycles. The molecule has 1 aromatic rings. The zero-order valence-corrected chi connectivity index (χ0v) is 17.6. The number of rotatable bonds is 11. The van der Waals surface area contributed by atoms with Crippen molar-refractivity contribution in [2.45, 2.75) is 56.9 Å². The fraction of sp³-hybridized carbons (Fsp3) is 0.565. The van der Waals surface area contributed by atoms with Crippen molar-refractivity contribution in [3.8, 4) is 5.75 Å². The van der Waals surface area contributed by atoms with Gasteiger partial charge in [0.15, 0.2) is 0 Å². The molecule has 2 aliphatic carbocycles. The molecule has 0 radical (unpaired) electrons. The largest absolute Gasteiger partial charge is 0.493 e. The molecule has 1 aromatic carbocycles. The summed E-state index contributed by atoms with van der Waals surface area (Å²) in [5, 5.41) is 2.42. The molecule has 1 heterocycles. The number of amides is 2. The number of allylic oxidation sites excluding steroid dienone is 1. The zero-order chi connectivity index (χ0) is 20.1. The first kappa shape index (κ1) is 20.5. The molecule has 6 heteroatoms. The van der Waals surface area contributed by atoms with Crippen LogP contribution in [-0.2, 0) is 15.1 Å². The van der Waals surface area contributed by atoms with Crippen molar-refractivity contribution in [3.63, 3.8) is 0 Å². The van der Waals surface area contributed by atoms with Gasteiger partial charge in [-0.3, -0.25) is 19.6 Å². The van der Waals surface area contributed by atoms with E-state index >= 15 is 0 Å². The van der Waals surface area contributed by atoms with E-state index in [2.05, 4.69) is 46.5 Å². The minimum atomic E-state index is -0.140. The Morgan fingerprint density at radius 2 is 2.07 bits per heavy atom. The summed E-state index contributed by atoms with van der Waals surface area (Å²) in [5.41, 5.74) is 1.41. The zero-order valence-electron chi connectivity index (χ0n) is 16.8. The lowest BCUT2D eigenvalue weighted by molar-refractivity contribution is -0.136. The highest BCUT2D eigenvalue weighted by Gasteiger charge is 2.44. The first-order valence-electron chi connectivity index (χ1n) is 10.8. The molecule has 4 rings (SSSR count). The predicted octanol–water partition coefficient (Wildman–Crippen LogP) is 4.09. The Bertz CT molecular complexity index is 771. The molecular formula is C23H30N2O3S. The molecule has 1 atom stereocenters. The minimum absolute atomic E-state index is 0.0210. The molecule has 3 fully saturated rings. The summed E-state index contributed by atoms with van der Waals surface area (Å²) in [7, 11) is 0. The molecule has 0 aromatic heterocycles. The van der Waals surface area contributed by atoms with Crippen LogP contribution in [0.5, 0.6) is 5.75 Å². The van der Waals surface area contributed by atoms with E-state index in [9.17, 15) is 9.59 Å². The molecule has 29 heavy (non-hydrogen) atoms. The number of ether oxygens (including phenoxy) is 1. The number of benzene rings is 1. The Balaban J connectivity index is 1.16. The number of carbonyl (C=O) groups is 2. The highest BCUT2D eigenvalue weighted by molar-refractivity contribution is 7.97. The van der Waals surface area contributed by atoms with Gasteiger partial charge < -0.3 is 4.74 Å². The van der Waals surface area contributed by atoms with Crippen LogP contribution in [0.15, 0.2) is 36.4 Å². The normalized spacial score (nSPS) is 23.2. The summed E-state index contributed by atoms with van der Waals surface area (Å²) < 4.78 is 9.59. The molecule has 3 aliphatic rings. The van der Waals surface area contributed by atoms with Gasteiger partial charge >= 0.3 is 0 Å². The highest BCUT2D eigenvalue weighted by Crippen LogP contribution is 2.47. The van der Waals surface area contributed by atoms with Crippen LogP contribution < -0.4 is 14.8 Å². The minimum Gasteiger partial charge on any atom is -0.493 e. The van der Waals surface area contributed by atoms with Gasteiger partial charge in [0.05, 0.1) is 12.1 Å². The van der Waals surface area contributed by atoms with E-state index in [4.69, 9.17) is 4.74 Å². The second kappa shape index (κ2) is 9.35. The monoisotopic (exact) mass is 414 g/mol. The fourth-order valence-corrected chi connectivity index (χ4v) is 4.60. The molecule has 2 N–H and O–H groups in total. The van der Waals surface area contributed by atoms with Crippen molar-refractivity contribution >= 4 is 23.8 Å².